The van der Waals surface area contributed by atoms with Gasteiger partial charge in [0.05, 0.1) is 78.9 Å². The number of hydrogen-bond acceptors (Lipinski definition) is 26. The first-order valence-electron chi connectivity index (χ1n) is 44.1. The van der Waals surface area contributed by atoms with Gasteiger partial charge >= 0.3 is 0 Å². The number of likely N-dealkylation sites (N-methyl/N-ethyl adjacent to an activating group) is 1. The third kappa shape index (κ3) is 19.4. The van der Waals surface area contributed by atoms with Crippen LogP contribution in [0.1, 0.15) is 29.2 Å². The Balaban J connectivity index is 0.000000119. The fourth-order valence-electron chi connectivity index (χ4n) is 16.7. The van der Waals surface area contributed by atoms with E-state index in [4.69, 9.17) is 87.2 Å². The molecule has 0 spiro atoms. The molecule has 0 bridgehead atoms. The van der Waals surface area contributed by atoms with E-state index in [2.05, 4.69) is 172 Å². The SMILES string of the molecule is CCN1CCN(c2nc(NCCc3c[nH]c4ccccc34)c3cc(OC)c(OC)cc3n2)CC1.COc1cc2nc(-c3cccnc3)nc(NCCc3c[nH]c4ccccc34)c2cc1OC.COc1ccc(-c2nc(NCCc3c[nH]c4ccccc34)c3cc(OC)c(OC)cc3n2)cn1.COc1ccc2nc(-c3ccc4c(c3)OCO4)nc(NCCc3c[nH]c4ccccc34)c2c1. The molecule has 1 fully saturated rings. The molecule has 30 nitrogen and oxygen atoms in total. The molecule has 21 rings (SSSR count). The van der Waals surface area contributed by atoms with Gasteiger partial charge in [0.2, 0.25) is 18.6 Å². The lowest BCUT2D eigenvalue weighted by Gasteiger charge is -2.34. The van der Waals surface area contributed by atoms with Gasteiger partial charge in [0, 0.05) is 202 Å². The van der Waals surface area contributed by atoms with Gasteiger partial charge in [-0.2, -0.15) is 4.98 Å². The number of rotatable bonds is 29. The van der Waals surface area contributed by atoms with Gasteiger partial charge in [-0.3, -0.25) is 4.98 Å². The summed E-state index contributed by atoms with van der Waals surface area (Å²) in [4.78, 5) is 65.3. The molecule has 9 aromatic carbocycles. The van der Waals surface area contributed by atoms with Gasteiger partial charge in [-0.05, 0) is 152 Å². The first kappa shape index (κ1) is 87.4. The van der Waals surface area contributed by atoms with E-state index in [1.54, 1.807) is 81.5 Å². The molecule has 0 amide bonds. The van der Waals surface area contributed by atoms with Crippen LogP contribution in [-0.2, 0) is 25.7 Å². The molecule has 12 heterocycles. The van der Waals surface area contributed by atoms with Crippen LogP contribution >= 0.6 is 0 Å². The normalized spacial score (nSPS) is 12.3. The van der Waals surface area contributed by atoms with Crippen LogP contribution in [-0.4, -0.2) is 197 Å². The van der Waals surface area contributed by atoms with Gasteiger partial charge in [-0.1, -0.05) is 79.7 Å². The highest BCUT2D eigenvalue weighted by atomic mass is 16.7. The molecule has 10 aromatic heterocycles. The summed E-state index contributed by atoms with van der Waals surface area (Å²) in [5, 5.41) is 22.7. The quantitative estimate of drug-likeness (QED) is 0.0216. The maximum atomic E-state index is 5.55. The van der Waals surface area contributed by atoms with Crippen molar-refractivity contribution >= 4 is 116 Å². The minimum atomic E-state index is 0.234. The van der Waals surface area contributed by atoms with E-state index >= 15 is 0 Å². The second kappa shape index (κ2) is 40.6. The van der Waals surface area contributed by atoms with Gasteiger partial charge in [-0.15, -0.1) is 0 Å². The molecule has 0 aliphatic carbocycles. The van der Waals surface area contributed by atoms with Crippen LogP contribution in [0.4, 0.5) is 29.2 Å². The Morgan fingerprint density at radius 1 is 0.338 bits per heavy atom. The topological polar surface area (TPSA) is 339 Å². The third-order valence-corrected chi connectivity index (χ3v) is 23.8. The zero-order chi connectivity index (χ0) is 91.1. The van der Waals surface area contributed by atoms with Crippen LogP contribution in [0.5, 0.6) is 57.6 Å². The highest BCUT2D eigenvalue weighted by Gasteiger charge is 2.25. The van der Waals surface area contributed by atoms with Crippen LogP contribution in [0, 0.1) is 0 Å². The number of nitrogens with zero attached hydrogens (tertiary/aromatic N) is 12. The second-order valence-electron chi connectivity index (χ2n) is 31.6. The van der Waals surface area contributed by atoms with E-state index in [-0.39, 0.29) is 6.79 Å². The van der Waals surface area contributed by atoms with Crippen molar-refractivity contribution in [2.24, 2.45) is 0 Å². The lowest BCUT2D eigenvalue weighted by Crippen LogP contribution is -2.46. The Morgan fingerprint density at radius 2 is 0.744 bits per heavy atom. The Morgan fingerprint density at radius 3 is 1.17 bits per heavy atom. The molecule has 0 atom stereocenters. The highest BCUT2D eigenvalue weighted by molar-refractivity contribution is 5.97. The zero-order valence-electron chi connectivity index (χ0n) is 75.4. The number of piperazine rings is 1. The number of nitrogens with one attached hydrogen (secondary N) is 8. The number of pyridine rings is 2. The number of hydrogen-bond donors (Lipinski definition) is 8. The second-order valence-corrected chi connectivity index (χ2v) is 31.6. The monoisotopic (exact) mass is 1780 g/mol. The Kier molecular flexibility index (Phi) is 26.7. The van der Waals surface area contributed by atoms with E-state index in [0.29, 0.717) is 70.1 Å². The van der Waals surface area contributed by atoms with Crippen molar-refractivity contribution in [1.82, 2.24) is 74.7 Å². The third-order valence-electron chi connectivity index (χ3n) is 23.8. The predicted octanol–water partition coefficient (Wildman–Crippen LogP) is 18.8. The average Bonchev–Trinajstić information content (AvgIpc) is 1.77. The summed E-state index contributed by atoms with van der Waals surface area (Å²) < 4.78 is 54.7. The summed E-state index contributed by atoms with van der Waals surface area (Å²) in [6, 6.07) is 63.9. The van der Waals surface area contributed by atoms with Gasteiger partial charge in [0.25, 0.3) is 0 Å². The molecule has 30 heteroatoms. The predicted molar refractivity (Wildman–Crippen MR) is 525 cm³/mol. The lowest BCUT2D eigenvalue weighted by atomic mass is 10.1. The van der Waals surface area contributed by atoms with Crippen molar-refractivity contribution in [2.45, 2.75) is 32.6 Å². The summed E-state index contributed by atoms with van der Waals surface area (Å²) in [5.74, 6) is 12.2. The molecule has 8 N–H and O–H groups in total. The number of benzene rings is 9. The zero-order valence-corrected chi connectivity index (χ0v) is 75.4. The summed E-state index contributed by atoms with van der Waals surface area (Å²) in [5.41, 5.74) is 15.4. The fourth-order valence-corrected chi connectivity index (χ4v) is 16.7. The fraction of sp³-hybridized carbons (Fsp3) is 0.223. The molecule has 1 saturated heterocycles. The van der Waals surface area contributed by atoms with E-state index in [1.807, 2.05) is 109 Å². The van der Waals surface area contributed by atoms with Crippen LogP contribution < -0.4 is 73.5 Å². The standard InChI is InChI=1S/C26H32N6O2.C26H25N5O3.C26H22N4O3.C25H23N5O2/c1-4-31-11-13-32(14-12-31)26-29-22-16-24(34-3)23(33-2)15-20(22)25(30-26)27-10-9-18-17-28-21-8-6-5-7-19(18)21;1-32-22-12-19-21(13-23(22)33-2)30-25(17-8-9-24(34-3)29-15-17)31-26(19)27-11-10-16-14-28-20-7-5-4-6-18(16)20;1-31-18-7-8-22-20(13-18)26(27-11-10-17-14-28-21-5-3-2-4-19(17)21)30-25(29-22)16-6-9-23-24(12-16)33-15-32-23;1-31-22-12-19-21(13-23(22)32-2)29-24(17-6-5-10-26-14-17)30-25(19)27-11-9-16-15-28-20-8-4-3-7-18(16)20/h5-8,15-17,28H,4,9-14H2,1-3H3,(H,27,29,30);4-9,12-15,28H,10-11H2,1-3H3,(H,27,30,31);2-9,12-14,28H,10-11,15H2,1H3,(H,27,29,30);3-8,10,12-15,28H,9,11H2,1-2H3,(H,27,29,30). The summed E-state index contributed by atoms with van der Waals surface area (Å²) in [6.07, 6.45) is 16.9. The number of aromatic nitrogens is 14. The summed E-state index contributed by atoms with van der Waals surface area (Å²) in [7, 11) is 13.0. The van der Waals surface area contributed by atoms with Crippen molar-refractivity contribution < 1.29 is 47.4 Å². The number of para-hydroxylation sites is 4. The number of methoxy groups -OCH3 is 8. The molecule has 2 aliphatic heterocycles. The molecule has 674 valence electrons. The molecular weight excluding hydrogens is 1680 g/mol. The Hall–Kier alpha value is -16.2. The number of fused-ring (bicyclic) bond motifs is 9. The van der Waals surface area contributed by atoms with Crippen molar-refractivity contribution in [2.75, 3.05) is 149 Å². The number of anilines is 5. The summed E-state index contributed by atoms with van der Waals surface area (Å²) >= 11 is 0. The Bertz CT molecular complexity index is 7310. The molecule has 2 aliphatic rings. The van der Waals surface area contributed by atoms with Crippen molar-refractivity contribution in [3.63, 3.8) is 0 Å². The largest absolute Gasteiger partial charge is 0.497 e. The van der Waals surface area contributed by atoms with E-state index in [9.17, 15) is 0 Å². The minimum Gasteiger partial charge on any atom is -0.497 e. The molecule has 133 heavy (non-hydrogen) atoms. The van der Waals surface area contributed by atoms with Crippen molar-refractivity contribution in [3.8, 4) is 91.8 Å². The maximum Gasteiger partial charge on any atom is 0.231 e. The average molecular weight is 1780 g/mol. The van der Waals surface area contributed by atoms with E-state index in [0.717, 1.165) is 201 Å². The van der Waals surface area contributed by atoms with Crippen LogP contribution in [0.15, 0.2) is 238 Å². The van der Waals surface area contributed by atoms with E-state index < -0.39 is 0 Å². The molecule has 0 radical (unpaired) electrons. The number of aromatic amines is 4. The number of ether oxygens (including phenoxy) is 10. The van der Waals surface area contributed by atoms with Crippen LogP contribution in [0.25, 0.3) is 121 Å². The molecule has 0 unspecified atom stereocenters. The highest BCUT2D eigenvalue weighted by Crippen LogP contribution is 2.42. The maximum absolute atomic E-state index is 5.55. The smallest absolute Gasteiger partial charge is 0.231 e. The lowest BCUT2D eigenvalue weighted by molar-refractivity contribution is 0.174. The first-order chi connectivity index (χ1) is 65.4. The molecule has 19 aromatic rings. The van der Waals surface area contributed by atoms with Crippen molar-refractivity contribution in [3.05, 3.63) is 260 Å². The van der Waals surface area contributed by atoms with Crippen LogP contribution in [0.2, 0.25) is 0 Å². The van der Waals surface area contributed by atoms with Gasteiger partial charge < -0.3 is 98.4 Å². The molecular formula is C103H102N20O10. The van der Waals surface area contributed by atoms with Crippen molar-refractivity contribution in [1.29, 1.82) is 0 Å². The minimum absolute atomic E-state index is 0.234. The first-order valence-corrected chi connectivity index (χ1v) is 44.1. The summed E-state index contributed by atoms with van der Waals surface area (Å²) in [6.45, 7) is 10.3. The van der Waals surface area contributed by atoms with Crippen LogP contribution in [0.3, 0.4) is 0 Å². The molecule has 0 saturated carbocycles. The van der Waals surface area contributed by atoms with E-state index in [1.165, 1.54) is 43.8 Å². The van der Waals surface area contributed by atoms with Gasteiger partial charge in [-0.25, -0.2) is 39.9 Å². The Labute approximate surface area is 767 Å². The van der Waals surface area contributed by atoms with Gasteiger partial charge in [0.15, 0.2) is 63.5 Å². The number of H-pyrrole nitrogens is 4. The van der Waals surface area contributed by atoms with Gasteiger partial charge in [0.1, 0.15) is 29.0 Å².